The summed E-state index contributed by atoms with van der Waals surface area (Å²) < 4.78 is 0. The highest BCUT2D eigenvalue weighted by molar-refractivity contribution is 5.91. The van der Waals surface area contributed by atoms with Gasteiger partial charge in [0.1, 0.15) is 0 Å². The predicted octanol–water partition coefficient (Wildman–Crippen LogP) is 3.10. The second-order valence-corrected chi connectivity index (χ2v) is 9.44. The Balaban J connectivity index is 1.74. The molecular weight excluding hydrogens is 288 g/mol. The van der Waals surface area contributed by atoms with Gasteiger partial charge in [-0.25, -0.2) is 0 Å². The standard InChI is InChI=1S/C20H30O3/c1-18-8-6-13(21)10-12(18)4-5-14-15-7-9-20(3,23)19(15,2)11-16(22)17(14)18/h6,8,12,14-17,22-23H,4-5,7,9-11H2,1-3H3/t12-,14-,15-,16-,17+,18-,19-,20-/m0/s1. The van der Waals surface area contributed by atoms with E-state index >= 15 is 0 Å². The highest BCUT2D eigenvalue weighted by Crippen LogP contribution is 2.67. The van der Waals surface area contributed by atoms with Crippen LogP contribution in [-0.4, -0.2) is 27.7 Å². The van der Waals surface area contributed by atoms with Crippen LogP contribution >= 0.6 is 0 Å². The lowest BCUT2D eigenvalue weighted by Gasteiger charge is -2.61. The maximum atomic E-state index is 11.8. The van der Waals surface area contributed by atoms with Crippen LogP contribution in [0.1, 0.15) is 59.3 Å². The molecule has 0 aliphatic heterocycles. The first-order chi connectivity index (χ1) is 10.7. The first-order valence-electron chi connectivity index (χ1n) is 9.31. The zero-order valence-corrected chi connectivity index (χ0v) is 14.6. The topological polar surface area (TPSA) is 57.5 Å². The Labute approximate surface area is 139 Å². The maximum Gasteiger partial charge on any atom is 0.155 e. The van der Waals surface area contributed by atoms with Gasteiger partial charge in [-0.2, -0.15) is 0 Å². The van der Waals surface area contributed by atoms with E-state index in [2.05, 4.69) is 19.9 Å². The smallest absolute Gasteiger partial charge is 0.155 e. The summed E-state index contributed by atoms with van der Waals surface area (Å²) in [4.78, 5) is 11.8. The van der Waals surface area contributed by atoms with E-state index in [0.717, 1.165) is 25.7 Å². The molecule has 0 bridgehead atoms. The second-order valence-electron chi connectivity index (χ2n) is 9.44. The Hall–Kier alpha value is -0.670. The number of hydrogen-bond donors (Lipinski definition) is 2. The third kappa shape index (κ3) is 1.93. The SMILES string of the molecule is C[C@]12C=CC(=O)C[C@@H]1CC[C@@H]1[C@@H]2[C@@H](O)C[C@@]2(C)[C@H]1CC[C@]2(C)O. The van der Waals surface area contributed by atoms with E-state index in [0.29, 0.717) is 30.6 Å². The summed E-state index contributed by atoms with van der Waals surface area (Å²) >= 11 is 0. The van der Waals surface area contributed by atoms with E-state index in [1.165, 1.54) is 0 Å². The van der Waals surface area contributed by atoms with Crippen LogP contribution in [0.15, 0.2) is 12.2 Å². The fourth-order valence-corrected chi connectivity index (χ4v) is 6.98. The maximum absolute atomic E-state index is 11.8. The molecule has 0 spiro atoms. The van der Waals surface area contributed by atoms with Crippen LogP contribution in [0.4, 0.5) is 0 Å². The van der Waals surface area contributed by atoms with E-state index in [-0.39, 0.29) is 28.6 Å². The minimum Gasteiger partial charge on any atom is -0.393 e. The lowest BCUT2D eigenvalue weighted by molar-refractivity contribution is -0.177. The molecule has 0 aromatic carbocycles. The molecule has 4 aliphatic rings. The quantitative estimate of drug-likeness (QED) is 0.721. The number of carbonyl (C=O) groups is 1. The minimum absolute atomic E-state index is 0.0635. The first-order valence-corrected chi connectivity index (χ1v) is 9.31. The molecule has 4 aliphatic carbocycles. The summed E-state index contributed by atoms with van der Waals surface area (Å²) in [6.45, 7) is 6.42. The number of allylic oxidation sites excluding steroid dienone is 2. The first kappa shape index (κ1) is 15.8. The van der Waals surface area contributed by atoms with Crippen molar-refractivity contribution in [1.29, 1.82) is 0 Å². The van der Waals surface area contributed by atoms with Crippen LogP contribution < -0.4 is 0 Å². The average molecular weight is 318 g/mol. The van der Waals surface area contributed by atoms with Crippen molar-refractivity contribution in [3.63, 3.8) is 0 Å². The molecule has 3 fully saturated rings. The van der Waals surface area contributed by atoms with Gasteiger partial charge in [0.2, 0.25) is 0 Å². The number of aliphatic hydroxyl groups excluding tert-OH is 1. The molecule has 2 N–H and O–H groups in total. The molecule has 0 aromatic rings. The van der Waals surface area contributed by atoms with Crippen LogP contribution in [0.3, 0.4) is 0 Å². The number of carbonyl (C=O) groups excluding carboxylic acids is 1. The van der Waals surface area contributed by atoms with Crippen molar-refractivity contribution in [1.82, 2.24) is 0 Å². The summed E-state index contributed by atoms with van der Waals surface area (Å²) in [5.41, 5.74) is -0.906. The van der Waals surface area contributed by atoms with Gasteiger partial charge in [-0.1, -0.05) is 19.9 Å². The van der Waals surface area contributed by atoms with Gasteiger partial charge in [-0.15, -0.1) is 0 Å². The molecule has 23 heavy (non-hydrogen) atoms. The molecule has 0 aromatic heterocycles. The van der Waals surface area contributed by atoms with Crippen LogP contribution in [-0.2, 0) is 4.79 Å². The van der Waals surface area contributed by atoms with E-state index in [1.54, 1.807) is 6.08 Å². The number of hydrogen-bond acceptors (Lipinski definition) is 3. The number of aliphatic hydroxyl groups is 2. The van der Waals surface area contributed by atoms with Crippen molar-refractivity contribution >= 4 is 5.78 Å². The summed E-state index contributed by atoms with van der Waals surface area (Å²) in [6.07, 6.45) is 8.91. The number of fused-ring (bicyclic) bond motifs is 5. The monoisotopic (exact) mass is 318 g/mol. The Kier molecular flexibility index (Phi) is 3.23. The molecule has 0 unspecified atom stereocenters. The summed E-state index contributed by atoms with van der Waals surface area (Å²) in [7, 11) is 0. The molecule has 0 amide bonds. The van der Waals surface area contributed by atoms with Crippen molar-refractivity contribution in [3.8, 4) is 0 Å². The van der Waals surface area contributed by atoms with E-state index in [1.807, 2.05) is 6.92 Å². The number of rotatable bonds is 0. The molecule has 3 nitrogen and oxygen atoms in total. The fourth-order valence-electron chi connectivity index (χ4n) is 6.98. The van der Waals surface area contributed by atoms with E-state index in [4.69, 9.17) is 0 Å². The molecule has 0 heterocycles. The van der Waals surface area contributed by atoms with E-state index < -0.39 is 5.60 Å². The lowest BCUT2D eigenvalue weighted by atomic mass is 9.45. The number of ketones is 1. The Morgan fingerprint density at radius 1 is 1.17 bits per heavy atom. The minimum atomic E-state index is -0.667. The molecule has 8 atom stereocenters. The van der Waals surface area contributed by atoms with Gasteiger partial charge in [0, 0.05) is 11.8 Å². The summed E-state index contributed by atoms with van der Waals surface area (Å²) in [5.74, 6) is 1.82. The van der Waals surface area contributed by atoms with Gasteiger partial charge in [0.15, 0.2) is 5.78 Å². The molecular formula is C20H30O3. The van der Waals surface area contributed by atoms with Gasteiger partial charge in [0.05, 0.1) is 11.7 Å². The van der Waals surface area contributed by atoms with Crippen LogP contribution in [0.2, 0.25) is 0 Å². The second kappa shape index (κ2) is 4.70. The molecule has 3 saturated carbocycles. The zero-order chi connectivity index (χ0) is 16.6. The third-order valence-corrected chi connectivity index (χ3v) is 8.54. The Morgan fingerprint density at radius 3 is 2.65 bits per heavy atom. The molecule has 3 heteroatoms. The van der Waals surface area contributed by atoms with Crippen molar-refractivity contribution in [3.05, 3.63) is 12.2 Å². The predicted molar refractivity (Wildman–Crippen MR) is 88.7 cm³/mol. The molecule has 0 radical (unpaired) electrons. The molecule has 0 saturated heterocycles. The van der Waals surface area contributed by atoms with E-state index in [9.17, 15) is 15.0 Å². The van der Waals surface area contributed by atoms with Crippen molar-refractivity contribution < 1.29 is 15.0 Å². The van der Waals surface area contributed by atoms with Crippen LogP contribution in [0, 0.1) is 34.5 Å². The van der Waals surface area contributed by atoms with Gasteiger partial charge in [0.25, 0.3) is 0 Å². The molecule has 4 rings (SSSR count). The largest absolute Gasteiger partial charge is 0.393 e. The van der Waals surface area contributed by atoms with Crippen molar-refractivity contribution in [2.75, 3.05) is 0 Å². The lowest BCUT2D eigenvalue weighted by Crippen LogP contribution is -2.60. The molecule has 128 valence electrons. The average Bonchev–Trinajstić information content (AvgIpc) is 2.69. The normalized spacial score (nSPS) is 58.5. The summed E-state index contributed by atoms with van der Waals surface area (Å²) in [5, 5.41) is 22.0. The van der Waals surface area contributed by atoms with Gasteiger partial charge >= 0.3 is 0 Å². The van der Waals surface area contributed by atoms with Gasteiger partial charge < -0.3 is 10.2 Å². The van der Waals surface area contributed by atoms with Gasteiger partial charge in [-0.05, 0) is 74.2 Å². The van der Waals surface area contributed by atoms with Crippen LogP contribution in [0.5, 0.6) is 0 Å². The summed E-state index contributed by atoms with van der Waals surface area (Å²) in [6, 6.07) is 0. The highest BCUT2D eigenvalue weighted by Gasteiger charge is 2.65. The van der Waals surface area contributed by atoms with Gasteiger partial charge in [-0.3, -0.25) is 4.79 Å². The highest BCUT2D eigenvalue weighted by atomic mass is 16.3. The zero-order valence-electron chi connectivity index (χ0n) is 14.6. The Morgan fingerprint density at radius 2 is 1.91 bits per heavy atom. The Bertz CT molecular complexity index is 565. The third-order valence-electron chi connectivity index (χ3n) is 8.54. The fraction of sp³-hybridized carbons (Fsp3) is 0.850. The van der Waals surface area contributed by atoms with Crippen molar-refractivity contribution in [2.45, 2.75) is 71.0 Å². The van der Waals surface area contributed by atoms with Crippen LogP contribution in [0.25, 0.3) is 0 Å². The van der Waals surface area contributed by atoms with Crippen molar-refractivity contribution in [2.24, 2.45) is 34.5 Å².